The predicted molar refractivity (Wildman–Crippen MR) is 84.8 cm³/mol. The number of amides is 1. The number of benzene rings is 2. The SMILES string of the molecule is COc1cc(NC(=O)c2cccc(C)c2Br)ccc1Cl. The summed E-state index contributed by atoms with van der Waals surface area (Å²) in [5, 5.41) is 3.32. The number of rotatable bonds is 3. The molecule has 0 aliphatic carbocycles. The van der Waals surface area contributed by atoms with E-state index in [4.69, 9.17) is 16.3 Å². The first-order valence-corrected chi connectivity index (χ1v) is 7.10. The van der Waals surface area contributed by atoms with Gasteiger partial charge in [0.25, 0.3) is 5.91 Å². The Labute approximate surface area is 131 Å². The Morgan fingerprint density at radius 1 is 1.30 bits per heavy atom. The number of nitrogens with one attached hydrogen (secondary N) is 1. The van der Waals surface area contributed by atoms with Crippen molar-refractivity contribution in [3.05, 3.63) is 57.0 Å². The number of halogens is 2. The fourth-order valence-corrected chi connectivity index (χ4v) is 2.40. The van der Waals surface area contributed by atoms with Crippen LogP contribution in [-0.4, -0.2) is 13.0 Å². The molecule has 104 valence electrons. The number of aryl methyl sites for hydroxylation is 1. The van der Waals surface area contributed by atoms with Crippen molar-refractivity contribution in [1.29, 1.82) is 0 Å². The first-order valence-electron chi connectivity index (χ1n) is 5.93. The normalized spacial score (nSPS) is 10.2. The van der Waals surface area contributed by atoms with E-state index in [-0.39, 0.29) is 5.91 Å². The molecule has 2 aromatic rings. The summed E-state index contributed by atoms with van der Waals surface area (Å²) < 4.78 is 5.91. The van der Waals surface area contributed by atoms with Gasteiger partial charge in [0.2, 0.25) is 0 Å². The molecule has 1 amide bonds. The van der Waals surface area contributed by atoms with Crippen LogP contribution in [0.25, 0.3) is 0 Å². The van der Waals surface area contributed by atoms with Gasteiger partial charge >= 0.3 is 0 Å². The predicted octanol–water partition coefficient (Wildman–Crippen LogP) is 4.67. The van der Waals surface area contributed by atoms with Gasteiger partial charge in [0, 0.05) is 16.2 Å². The molecule has 0 fully saturated rings. The van der Waals surface area contributed by atoms with Crippen LogP contribution in [0.3, 0.4) is 0 Å². The second kappa shape index (κ2) is 6.29. The standard InChI is InChI=1S/C15H13BrClNO2/c1-9-4-3-5-11(14(9)16)15(19)18-10-6-7-12(17)13(8-10)20-2/h3-8H,1-2H3,(H,18,19). The summed E-state index contributed by atoms with van der Waals surface area (Å²) in [6.07, 6.45) is 0. The second-order valence-electron chi connectivity index (χ2n) is 4.24. The van der Waals surface area contributed by atoms with Gasteiger partial charge in [0.15, 0.2) is 0 Å². The number of carbonyl (C=O) groups excluding carboxylic acids is 1. The van der Waals surface area contributed by atoms with Crippen molar-refractivity contribution in [2.45, 2.75) is 6.92 Å². The minimum absolute atomic E-state index is 0.190. The van der Waals surface area contributed by atoms with Crippen LogP contribution in [0.5, 0.6) is 5.75 Å². The lowest BCUT2D eigenvalue weighted by Gasteiger charge is -2.10. The molecule has 3 nitrogen and oxygen atoms in total. The summed E-state index contributed by atoms with van der Waals surface area (Å²) in [6.45, 7) is 1.94. The average Bonchev–Trinajstić information content (AvgIpc) is 2.43. The van der Waals surface area contributed by atoms with Crippen molar-refractivity contribution < 1.29 is 9.53 Å². The highest BCUT2D eigenvalue weighted by molar-refractivity contribution is 9.10. The van der Waals surface area contributed by atoms with Crippen LogP contribution in [0.4, 0.5) is 5.69 Å². The molecule has 1 N–H and O–H groups in total. The molecular weight excluding hydrogens is 342 g/mol. The van der Waals surface area contributed by atoms with Crippen molar-refractivity contribution in [1.82, 2.24) is 0 Å². The third-order valence-corrected chi connectivity index (χ3v) is 4.21. The third-order valence-electron chi connectivity index (χ3n) is 2.85. The Bertz CT molecular complexity index is 658. The van der Waals surface area contributed by atoms with Crippen LogP contribution >= 0.6 is 27.5 Å². The van der Waals surface area contributed by atoms with Crippen LogP contribution in [0.2, 0.25) is 5.02 Å². The summed E-state index contributed by atoms with van der Waals surface area (Å²) in [5.41, 5.74) is 2.22. The maximum Gasteiger partial charge on any atom is 0.256 e. The zero-order valence-corrected chi connectivity index (χ0v) is 13.4. The van der Waals surface area contributed by atoms with Gasteiger partial charge in [-0.1, -0.05) is 23.7 Å². The van der Waals surface area contributed by atoms with Crippen LogP contribution in [-0.2, 0) is 0 Å². The fourth-order valence-electron chi connectivity index (χ4n) is 1.76. The lowest BCUT2D eigenvalue weighted by atomic mass is 10.1. The molecule has 2 rings (SSSR count). The summed E-state index contributed by atoms with van der Waals surface area (Å²) in [7, 11) is 1.53. The second-order valence-corrected chi connectivity index (χ2v) is 5.44. The number of carbonyl (C=O) groups is 1. The molecule has 0 aliphatic rings. The Morgan fingerprint density at radius 3 is 2.75 bits per heavy atom. The number of hydrogen-bond acceptors (Lipinski definition) is 2. The molecule has 0 aliphatic heterocycles. The monoisotopic (exact) mass is 353 g/mol. The first kappa shape index (κ1) is 14.9. The molecule has 0 heterocycles. The summed E-state index contributed by atoms with van der Waals surface area (Å²) in [6, 6.07) is 10.6. The molecule has 0 unspecified atom stereocenters. The number of ether oxygens (including phenoxy) is 1. The molecule has 0 aromatic heterocycles. The first-order chi connectivity index (χ1) is 9.52. The zero-order chi connectivity index (χ0) is 14.7. The molecule has 0 spiro atoms. The maximum atomic E-state index is 12.3. The van der Waals surface area contributed by atoms with Crippen LogP contribution < -0.4 is 10.1 Å². The van der Waals surface area contributed by atoms with E-state index in [1.54, 1.807) is 24.3 Å². The summed E-state index contributed by atoms with van der Waals surface area (Å²) in [5.74, 6) is 0.331. The molecule has 0 saturated carbocycles. The van der Waals surface area contributed by atoms with Crippen molar-refractivity contribution in [2.24, 2.45) is 0 Å². The van der Waals surface area contributed by atoms with E-state index < -0.39 is 0 Å². The average molecular weight is 355 g/mol. The van der Waals surface area contributed by atoms with Gasteiger partial charge in [-0.2, -0.15) is 0 Å². The molecular formula is C15H13BrClNO2. The van der Waals surface area contributed by atoms with E-state index in [2.05, 4.69) is 21.2 Å². The van der Waals surface area contributed by atoms with E-state index in [1.807, 2.05) is 19.1 Å². The van der Waals surface area contributed by atoms with Gasteiger partial charge in [-0.25, -0.2) is 0 Å². The fraction of sp³-hybridized carbons (Fsp3) is 0.133. The van der Waals surface area contributed by atoms with E-state index in [1.165, 1.54) is 7.11 Å². The van der Waals surface area contributed by atoms with E-state index in [0.29, 0.717) is 22.0 Å². The molecule has 0 radical (unpaired) electrons. The van der Waals surface area contributed by atoms with Gasteiger partial charge in [0.1, 0.15) is 5.75 Å². The van der Waals surface area contributed by atoms with Crippen LogP contribution in [0, 0.1) is 6.92 Å². The van der Waals surface area contributed by atoms with Crippen molar-refractivity contribution >= 4 is 39.1 Å². The van der Waals surface area contributed by atoms with Crippen molar-refractivity contribution in [3.8, 4) is 5.75 Å². The molecule has 2 aromatic carbocycles. The topological polar surface area (TPSA) is 38.3 Å². The molecule has 0 saturated heterocycles. The summed E-state index contributed by atoms with van der Waals surface area (Å²) in [4.78, 5) is 12.3. The Balaban J connectivity index is 2.26. The number of hydrogen-bond donors (Lipinski definition) is 1. The smallest absolute Gasteiger partial charge is 0.256 e. The zero-order valence-electron chi connectivity index (χ0n) is 11.0. The van der Waals surface area contributed by atoms with E-state index >= 15 is 0 Å². The van der Waals surface area contributed by atoms with Gasteiger partial charge in [0.05, 0.1) is 17.7 Å². The van der Waals surface area contributed by atoms with Gasteiger partial charge in [-0.05, 0) is 46.6 Å². The maximum absolute atomic E-state index is 12.3. The molecule has 0 bridgehead atoms. The Morgan fingerprint density at radius 2 is 2.05 bits per heavy atom. The minimum atomic E-state index is -0.190. The molecule has 20 heavy (non-hydrogen) atoms. The molecule has 5 heteroatoms. The highest BCUT2D eigenvalue weighted by Crippen LogP contribution is 2.28. The van der Waals surface area contributed by atoms with E-state index in [0.717, 1.165) is 10.0 Å². The Hall–Kier alpha value is -1.52. The van der Waals surface area contributed by atoms with Crippen LogP contribution in [0.1, 0.15) is 15.9 Å². The highest BCUT2D eigenvalue weighted by Gasteiger charge is 2.12. The third kappa shape index (κ3) is 3.14. The molecule has 0 atom stereocenters. The van der Waals surface area contributed by atoms with Crippen molar-refractivity contribution in [2.75, 3.05) is 12.4 Å². The summed E-state index contributed by atoms with van der Waals surface area (Å²) >= 11 is 9.38. The van der Waals surface area contributed by atoms with Crippen molar-refractivity contribution in [3.63, 3.8) is 0 Å². The lowest BCUT2D eigenvalue weighted by Crippen LogP contribution is -2.13. The quantitative estimate of drug-likeness (QED) is 0.869. The number of anilines is 1. The number of methoxy groups -OCH3 is 1. The van der Waals surface area contributed by atoms with Gasteiger partial charge in [-0.3, -0.25) is 4.79 Å². The van der Waals surface area contributed by atoms with Gasteiger partial charge < -0.3 is 10.1 Å². The minimum Gasteiger partial charge on any atom is -0.495 e. The largest absolute Gasteiger partial charge is 0.495 e. The Kier molecular flexibility index (Phi) is 4.68. The van der Waals surface area contributed by atoms with Crippen LogP contribution in [0.15, 0.2) is 40.9 Å². The van der Waals surface area contributed by atoms with Gasteiger partial charge in [-0.15, -0.1) is 0 Å². The highest BCUT2D eigenvalue weighted by atomic mass is 79.9. The lowest BCUT2D eigenvalue weighted by molar-refractivity contribution is 0.102. The van der Waals surface area contributed by atoms with E-state index in [9.17, 15) is 4.79 Å².